The zero-order chi connectivity index (χ0) is 16.1. The van der Waals surface area contributed by atoms with Crippen LogP contribution >= 0.6 is 0 Å². The lowest BCUT2D eigenvalue weighted by Gasteiger charge is -2.28. The Morgan fingerprint density at radius 2 is 2.00 bits per heavy atom. The number of hydrogen-bond donors (Lipinski definition) is 0. The van der Waals surface area contributed by atoms with E-state index in [-0.39, 0.29) is 6.04 Å². The first kappa shape index (κ1) is 14.9. The van der Waals surface area contributed by atoms with Crippen LogP contribution in [0.5, 0.6) is 0 Å². The van der Waals surface area contributed by atoms with E-state index in [1.165, 1.54) is 36.9 Å². The highest BCUT2D eigenvalue weighted by molar-refractivity contribution is 5.29. The molecule has 0 radical (unpaired) electrons. The van der Waals surface area contributed by atoms with E-state index in [2.05, 4.69) is 40.9 Å². The van der Waals surface area contributed by atoms with Crippen LogP contribution in [0.25, 0.3) is 0 Å². The lowest BCUT2D eigenvalue weighted by atomic mass is 10.0. The van der Waals surface area contributed by atoms with Gasteiger partial charge in [0.25, 0.3) is 0 Å². The van der Waals surface area contributed by atoms with Gasteiger partial charge in [-0.1, -0.05) is 5.16 Å². The zero-order valence-electron chi connectivity index (χ0n) is 14.4. The minimum absolute atomic E-state index is 0.154. The lowest BCUT2D eigenvalue weighted by molar-refractivity contribution is 0.158. The van der Waals surface area contributed by atoms with Gasteiger partial charge in [0.2, 0.25) is 5.89 Å². The molecule has 0 amide bonds. The van der Waals surface area contributed by atoms with Crippen molar-refractivity contribution in [3.8, 4) is 0 Å². The van der Waals surface area contributed by atoms with Crippen LogP contribution < -0.4 is 0 Å². The smallest absolute Gasteiger partial charge is 0.243 e. The highest BCUT2D eigenvalue weighted by Crippen LogP contribution is 2.42. The van der Waals surface area contributed by atoms with Gasteiger partial charge >= 0.3 is 0 Å². The Balaban J connectivity index is 1.61. The van der Waals surface area contributed by atoms with Crippen LogP contribution in [-0.4, -0.2) is 31.4 Å². The van der Waals surface area contributed by atoms with Crippen molar-refractivity contribution in [2.75, 3.05) is 6.54 Å². The Bertz CT molecular complexity index is 715. The van der Waals surface area contributed by atoms with Crippen molar-refractivity contribution in [2.24, 2.45) is 7.05 Å². The summed E-state index contributed by atoms with van der Waals surface area (Å²) < 4.78 is 7.56. The fourth-order valence-corrected chi connectivity index (χ4v) is 3.90. The third-order valence-electron chi connectivity index (χ3n) is 5.45. The normalized spacial score (nSPS) is 23.6. The number of likely N-dealkylation sites (tertiary alicyclic amines) is 1. The highest BCUT2D eigenvalue weighted by Gasteiger charge is 2.36. The predicted octanol–water partition coefficient (Wildman–Crippen LogP) is 3.20. The second kappa shape index (κ2) is 5.44. The SMILES string of the molecule is Cc1nn(C)c(C)c1[C@@H]1CCCN1[C@@H](C)c1nc(C2CC2)no1. The Kier molecular flexibility index (Phi) is 3.52. The molecule has 4 rings (SSSR count). The fourth-order valence-electron chi connectivity index (χ4n) is 3.90. The maximum atomic E-state index is 5.57. The molecule has 0 aromatic carbocycles. The summed E-state index contributed by atoms with van der Waals surface area (Å²) in [7, 11) is 2.02. The van der Waals surface area contributed by atoms with Crippen molar-refractivity contribution in [1.82, 2.24) is 24.8 Å². The molecule has 0 spiro atoms. The van der Waals surface area contributed by atoms with Crippen molar-refractivity contribution in [3.05, 3.63) is 28.7 Å². The molecule has 23 heavy (non-hydrogen) atoms. The summed E-state index contributed by atoms with van der Waals surface area (Å²) in [5, 5.41) is 8.77. The second-order valence-corrected chi connectivity index (χ2v) is 7.05. The molecule has 0 unspecified atom stereocenters. The Morgan fingerprint density at radius 3 is 2.65 bits per heavy atom. The predicted molar refractivity (Wildman–Crippen MR) is 86.1 cm³/mol. The molecule has 0 bridgehead atoms. The van der Waals surface area contributed by atoms with E-state index in [0.717, 1.165) is 24.0 Å². The summed E-state index contributed by atoms with van der Waals surface area (Å²) in [4.78, 5) is 7.16. The number of rotatable bonds is 4. The first-order valence-electron chi connectivity index (χ1n) is 8.65. The largest absolute Gasteiger partial charge is 0.338 e. The van der Waals surface area contributed by atoms with Gasteiger partial charge in [-0.3, -0.25) is 9.58 Å². The van der Waals surface area contributed by atoms with Crippen LogP contribution in [0.4, 0.5) is 0 Å². The highest BCUT2D eigenvalue weighted by atomic mass is 16.5. The lowest BCUT2D eigenvalue weighted by Crippen LogP contribution is -2.27. The van der Waals surface area contributed by atoms with Crippen LogP contribution in [0.15, 0.2) is 4.52 Å². The average molecular weight is 315 g/mol. The molecule has 1 aliphatic heterocycles. The van der Waals surface area contributed by atoms with E-state index in [0.29, 0.717) is 12.0 Å². The molecule has 1 aliphatic carbocycles. The molecule has 0 N–H and O–H groups in total. The number of nitrogens with zero attached hydrogens (tertiary/aromatic N) is 5. The van der Waals surface area contributed by atoms with Gasteiger partial charge in [0, 0.05) is 30.3 Å². The topological polar surface area (TPSA) is 60.0 Å². The van der Waals surface area contributed by atoms with Gasteiger partial charge in [-0.25, -0.2) is 0 Å². The van der Waals surface area contributed by atoms with Crippen molar-refractivity contribution < 1.29 is 4.52 Å². The van der Waals surface area contributed by atoms with Gasteiger partial charge < -0.3 is 4.52 Å². The van der Waals surface area contributed by atoms with Gasteiger partial charge in [-0.2, -0.15) is 10.1 Å². The minimum atomic E-state index is 0.154. The molecular weight excluding hydrogens is 290 g/mol. The first-order chi connectivity index (χ1) is 11.1. The van der Waals surface area contributed by atoms with Crippen molar-refractivity contribution in [3.63, 3.8) is 0 Å². The summed E-state index contributed by atoms with van der Waals surface area (Å²) in [5.41, 5.74) is 3.77. The molecule has 2 atom stereocenters. The van der Waals surface area contributed by atoms with Crippen LogP contribution in [0.3, 0.4) is 0 Å². The molecule has 1 saturated carbocycles. The first-order valence-corrected chi connectivity index (χ1v) is 8.65. The summed E-state index contributed by atoms with van der Waals surface area (Å²) in [6.07, 6.45) is 4.77. The summed E-state index contributed by atoms with van der Waals surface area (Å²) >= 11 is 0. The van der Waals surface area contributed by atoms with Crippen LogP contribution in [-0.2, 0) is 7.05 Å². The van der Waals surface area contributed by atoms with Gasteiger partial charge in [-0.15, -0.1) is 0 Å². The van der Waals surface area contributed by atoms with Gasteiger partial charge in [0.15, 0.2) is 5.82 Å². The maximum absolute atomic E-state index is 5.57. The van der Waals surface area contributed by atoms with E-state index in [4.69, 9.17) is 4.52 Å². The molecule has 2 fully saturated rings. The number of hydrogen-bond acceptors (Lipinski definition) is 5. The molecule has 6 heteroatoms. The van der Waals surface area contributed by atoms with Crippen LogP contribution in [0.2, 0.25) is 0 Å². The minimum Gasteiger partial charge on any atom is -0.338 e. The molecule has 124 valence electrons. The van der Waals surface area contributed by atoms with Crippen molar-refractivity contribution in [1.29, 1.82) is 0 Å². The standard InChI is InChI=1S/C17H25N5O/c1-10-15(11(2)21(4)19-10)14-6-5-9-22(14)12(3)17-18-16(20-23-17)13-7-8-13/h12-14H,5-9H2,1-4H3/t12-,14-/m0/s1. The van der Waals surface area contributed by atoms with E-state index in [1.54, 1.807) is 0 Å². The second-order valence-electron chi connectivity index (χ2n) is 7.05. The number of aromatic nitrogens is 4. The third-order valence-corrected chi connectivity index (χ3v) is 5.45. The van der Waals surface area contributed by atoms with Crippen LogP contribution in [0.1, 0.15) is 79.3 Å². The van der Waals surface area contributed by atoms with E-state index < -0.39 is 0 Å². The zero-order valence-corrected chi connectivity index (χ0v) is 14.4. The molecule has 3 heterocycles. The van der Waals surface area contributed by atoms with Crippen molar-refractivity contribution >= 4 is 0 Å². The Hall–Kier alpha value is -1.69. The number of aryl methyl sites for hydroxylation is 2. The van der Waals surface area contributed by atoms with E-state index in [9.17, 15) is 0 Å². The summed E-state index contributed by atoms with van der Waals surface area (Å²) in [5.74, 6) is 2.20. The Morgan fingerprint density at radius 1 is 1.22 bits per heavy atom. The quantitative estimate of drug-likeness (QED) is 0.867. The van der Waals surface area contributed by atoms with Gasteiger partial charge in [0.1, 0.15) is 0 Å². The van der Waals surface area contributed by atoms with Gasteiger partial charge in [0.05, 0.1) is 11.7 Å². The summed E-state index contributed by atoms with van der Waals surface area (Å²) in [6.45, 7) is 7.53. The van der Waals surface area contributed by atoms with Gasteiger partial charge in [-0.05, 0) is 53.0 Å². The van der Waals surface area contributed by atoms with E-state index >= 15 is 0 Å². The third kappa shape index (κ3) is 2.49. The monoisotopic (exact) mass is 315 g/mol. The molecular formula is C17H25N5O. The summed E-state index contributed by atoms with van der Waals surface area (Å²) in [6, 6.07) is 0.552. The Labute approximate surface area is 136 Å². The van der Waals surface area contributed by atoms with Crippen LogP contribution in [0, 0.1) is 13.8 Å². The molecule has 2 aromatic rings. The van der Waals surface area contributed by atoms with Crippen molar-refractivity contribution in [2.45, 2.75) is 64.5 Å². The molecule has 2 aromatic heterocycles. The average Bonchev–Trinajstić information content (AvgIpc) is 2.96. The van der Waals surface area contributed by atoms with E-state index in [1.807, 2.05) is 11.7 Å². The maximum Gasteiger partial charge on any atom is 0.243 e. The molecule has 1 saturated heterocycles. The molecule has 2 aliphatic rings. The fraction of sp³-hybridized carbons (Fsp3) is 0.706. The molecule has 6 nitrogen and oxygen atoms in total.